The summed E-state index contributed by atoms with van der Waals surface area (Å²) in [5.74, 6) is 1.14. The monoisotopic (exact) mass is 302 g/mol. The van der Waals surface area contributed by atoms with Gasteiger partial charge in [0.2, 0.25) is 0 Å². The number of allylic oxidation sites excluding steroid dienone is 1. The topological polar surface area (TPSA) is 57.9 Å². The second-order valence-electron chi connectivity index (χ2n) is 4.52. The summed E-state index contributed by atoms with van der Waals surface area (Å²) in [7, 11) is 2.90. The SMILES string of the molecule is C=CCc1ccc(OCc2occc2C(=O)OC)c(OC)c1. The van der Waals surface area contributed by atoms with Crippen LogP contribution < -0.4 is 9.47 Å². The summed E-state index contributed by atoms with van der Waals surface area (Å²) in [5, 5.41) is 0. The van der Waals surface area contributed by atoms with E-state index in [-0.39, 0.29) is 6.61 Å². The summed E-state index contributed by atoms with van der Waals surface area (Å²) in [6.07, 6.45) is 4.00. The van der Waals surface area contributed by atoms with Crippen molar-refractivity contribution in [3.63, 3.8) is 0 Å². The molecular formula is C17H18O5. The fourth-order valence-corrected chi connectivity index (χ4v) is 2.01. The van der Waals surface area contributed by atoms with E-state index in [1.165, 1.54) is 13.4 Å². The number of ether oxygens (including phenoxy) is 3. The van der Waals surface area contributed by atoms with Gasteiger partial charge >= 0.3 is 5.97 Å². The first kappa shape index (κ1) is 15.7. The number of rotatable bonds is 7. The first-order valence-electron chi connectivity index (χ1n) is 6.75. The maximum atomic E-state index is 11.6. The standard InChI is InChI=1S/C17H18O5/c1-4-5-12-6-7-14(15(10-12)19-2)22-11-16-13(8-9-21-16)17(18)20-3/h4,6-10H,1,5,11H2,2-3H3. The van der Waals surface area contributed by atoms with E-state index >= 15 is 0 Å². The first-order chi connectivity index (χ1) is 10.7. The Labute approximate surface area is 129 Å². The summed E-state index contributed by atoms with van der Waals surface area (Å²) >= 11 is 0. The van der Waals surface area contributed by atoms with E-state index in [2.05, 4.69) is 11.3 Å². The molecule has 1 heterocycles. The van der Waals surface area contributed by atoms with E-state index in [9.17, 15) is 4.79 Å². The fraction of sp³-hybridized carbons (Fsp3) is 0.235. The summed E-state index contributed by atoms with van der Waals surface area (Å²) in [4.78, 5) is 11.6. The van der Waals surface area contributed by atoms with Gasteiger partial charge in [-0.15, -0.1) is 6.58 Å². The second-order valence-corrected chi connectivity index (χ2v) is 4.52. The van der Waals surface area contributed by atoms with E-state index in [1.54, 1.807) is 13.2 Å². The van der Waals surface area contributed by atoms with Crippen molar-refractivity contribution in [3.8, 4) is 11.5 Å². The highest BCUT2D eigenvalue weighted by Crippen LogP contribution is 2.29. The predicted molar refractivity (Wildman–Crippen MR) is 81.3 cm³/mol. The van der Waals surface area contributed by atoms with Gasteiger partial charge in [0.25, 0.3) is 0 Å². The van der Waals surface area contributed by atoms with E-state index in [4.69, 9.17) is 13.9 Å². The predicted octanol–water partition coefficient (Wildman–Crippen LogP) is 3.38. The number of carbonyl (C=O) groups excluding carboxylic acids is 1. The minimum absolute atomic E-state index is 0.106. The molecule has 0 aliphatic rings. The van der Waals surface area contributed by atoms with Crippen LogP contribution in [0.5, 0.6) is 11.5 Å². The van der Waals surface area contributed by atoms with Crippen LogP contribution in [-0.4, -0.2) is 20.2 Å². The lowest BCUT2D eigenvalue weighted by atomic mass is 10.1. The third-order valence-electron chi connectivity index (χ3n) is 3.12. The van der Waals surface area contributed by atoms with E-state index in [0.717, 1.165) is 12.0 Å². The highest BCUT2D eigenvalue weighted by molar-refractivity contribution is 5.90. The van der Waals surface area contributed by atoms with Crippen LogP contribution in [0.3, 0.4) is 0 Å². The van der Waals surface area contributed by atoms with Crippen LogP contribution in [0.2, 0.25) is 0 Å². The highest BCUT2D eigenvalue weighted by atomic mass is 16.5. The van der Waals surface area contributed by atoms with Gasteiger partial charge in [-0.3, -0.25) is 0 Å². The molecule has 22 heavy (non-hydrogen) atoms. The number of carbonyl (C=O) groups is 1. The van der Waals surface area contributed by atoms with Crippen molar-refractivity contribution < 1.29 is 23.4 Å². The molecule has 2 rings (SSSR count). The fourth-order valence-electron chi connectivity index (χ4n) is 2.01. The number of hydrogen-bond donors (Lipinski definition) is 0. The van der Waals surface area contributed by atoms with Gasteiger partial charge < -0.3 is 18.6 Å². The first-order valence-corrected chi connectivity index (χ1v) is 6.75. The normalized spacial score (nSPS) is 10.1. The minimum Gasteiger partial charge on any atom is -0.493 e. The van der Waals surface area contributed by atoms with Crippen LogP contribution in [0.1, 0.15) is 21.7 Å². The Balaban J connectivity index is 2.13. The van der Waals surface area contributed by atoms with Crippen LogP contribution in [0.4, 0.5) is 0 Å². The third-order valence-corrected chi connectivity index (χ3v) is 3.12. The van der Waals surface area contributed by atoms with Crippen LogP contribution in [-0.2, 0) is 17.8 Å². The Bertz CT molecular complexity index is 657. The Hall–Kier alpha value is -2.69. The van der Waals surface area contributed by atoms with Gasteiger partial charge in [-0.2, -0.15) is 0 Å². The quantitative estimate of drug-likeness (QED) is 0.579. The van der Waals surface area contributed by atoms with Gasteiger partial charge in [0.05, 0.1) is 20.5 Å². The van der Waals surface area contributed by atoms with Gasteiger partial charge in [0.1, 0.15) is 12.2 Å². The average molecular weight is 302 g/mol. The van der Waals surface area contributed by atoms with Crippen molar-refractivity contribution in [2.75, 3.05) is 14.2 Å². The van der Waals surface area contributed by atoms with Crippen LogP contribution in [0, 0.1) is 0 Å². The van der Waals surface area contributed by atoms with E-state index < -0.39 is 5.97 Å². The maximum absolute atomic E-state index is 11.6. The van der Waals surface area contributed by atoms with Gasteiger partial charge in [-0.05, 0) is 30.2 Å². The largest absolute Gasteiger partial charge is 0.493 e. The zero-order valence-electron chi connectivity index (χ0n) is 12.6. The van der Waals surface area contributed by atoms with Crippen molar-refractivity contribution in [2.45, 2.75) is 13.0 Å². The lowest BCUT2D eigenvalue weighted by Gasteiger charge is -2.11. The Kier molecular flexibility index (Phi) is 5.25. The number of furan rings is 1. The van der Waals surface area contributed by atoms with Gasteiger partial charge in [-0.1, -0.05) is 12.1 Å². The lowest BCUT2D eigenvalue weighted by Crippen LogP contribution is -2.05. The summed E-state index contributed by atoms with van der Waals surface area (Å²) in [6.45, 7) is 3.82. The molecule has 116 valence electrons. The van der Waals surface area contributed by atoms with Gasteiger partial charge in [-0.25, -0.2) is 4.79 Å². The van der Waals surface area contributed by atoms with Crippen molar-refractivity contribution in [1.29, 1.82) is 0 Å². The average Bonchev–Trinajstić information content (AvgIpc) is 3.01. The van der Waals surface area contributed by atoms with Gasteiger partial charge in [0, 0.05) is 0 Å². The van der Waals surface area contributed by atoms with E-state index in [0.29, 0.717) is 22.8 Å². The molecule has 0 N–H and O–H groups in total. The molecule has 5 nitrogen and oxygen atoms in total. The highest BCUT2D eigenvalue weighted by Gasteiger charge is 2.16. The molecule has 0 bridgehead atoms. The lowest BCUT2D eigenvalue weighted by molar-refractivity contribution is 0.0595. The van der Waals surface area contributed by atoms with Crippen LogP contribution >= 0.6 is 0 Å². The molecule has 0 fully saturated rings. The molecule has 0 aliphatic carbocycles. The minimum atomic E-state index is -0.458. The molecule has 5 heteroatoms. The summed E-state index contributed by atoms with van der Waals surface area (Å²) in [5.41, 5.74) is 1.43. The Morgan fingerprint density at radius 3 is 2.77 bits per heavy atom. The maximum Gasteiger partial charge on any atom is 0.341 e. The second kappa shape index (κ2) is 7.36. The smallest absolute Gasteiger partial charge is 0.341 e. The zero-order valence-corrected chi connectivity index (χ0v) is 12.6. The molecular weight excluding hydrogens is 284 g/mol. The number of esters is 1. The molecule has 0 saturated heterocycles. The molecule has 1 aromatic carbocycles. The van der Waals surface area contributed by atoms with Crippen molar-refractivity contribution >= 4 is 5.97 Å². The molecule has 0 spiro atoms. The molecule has 0 unspecified atom stereocenters. The Morgan fingerprint density at radius 2 is 2.09 bits per heavy atom. The number of methoxy groups -OCH3 is 2. The summed E-state index contributed by atoms with van der Waals surface area (Å²) in [6, 6.07) is 7.19. The summed E-state index contributed by atoms with van der Waals surface area (Å²) < 4.78 is 21.0. The third kappa shape index (κ3) is 3.49. The Morgan fingerprint density at radius 1 is 1.27 bits per heavy atom. The number of benzene rings is 1. The molecule has 0 amide bonds. The molecule has 0 aliphatic heterocycles. The zero-order chi connectivity index (χ0) is 15.9. The molecule has 2 aromatic rings. The molecule has 0 atom stereocenters. The molecule has 1 aromatic heterocycles. The van der Waals surface area contributed by atoms with Crippen molar-refractivity contribution in [1.82, 2.24) is 0 Å². The van der Waals surface area contributed by atoms with Crippen LogP contribution in [0.15, 0.2) is 47.6 Å². The van der Waals surface area contributed by atoms with Crippen molar-refractivity contribution in [2.24, 2.45) is 0 Å². The molecule has 0 saturated carbocycles. The molecule has 0 radical (unpaired) electrons. The van der Waals surface area contributed by atoms with E-state index in [1.807, 2.05) is 24.3 Å². The van der Waals surface area contributed by atoms with Gasteiger partial charge in [0.15, 0.2) is 17.3 Å². The van der Waals surface area contributed by atoms with Crippen LogP contribution in [0.25, 0.3) is 0 Å². The van der Waals surface area contributed by atoms with Crippen molar-refractivity contribution in [3.05, 3.63) is 60.1 Å². The number of hydrogen-bond acceptors (Lipinski definition) is 5.